The standard InChI is InChI=1S/C20H28N2O/c1-19(2,3)15-11-14(13-22-17-9-7-8-10-21-17)18(23)16(12-15)20(4,5)6/h7-12,23H,13H2,1-6H3,(H,21,22). The number of pyridine rings is 1. The maximum atomic E-state index is 10.7. The van der Waals surface area contributed by atoms with Gasteiger partial charge < -0.3 is 10.4 Å². The van der Waals surface area contributed by atoms with Gasteiger partial charge >= 0.3 is 0 Å². The van der Waals surface area contributed by atoms with Crippen molar-refractivity contribution in [1.29, 1.82) is 0 Å². The number of hydrogen-bond acceptors (Lipinski definition) is 3. The molecule has 0 radical (unpaired) electrons. The minimum Gasteiger partial charge on any atom is -0.507 e. The zero-order valence-electron chi connectivity index (χ0n) is 15.1. The molecule has 0 spiro atoms. The van der Waals surface area contributed by atoms with Crippen molar-refractivity contribution < 1.29 is 5.11 Å². The van der Waals surface area contributed by atoms with Crippen molar-refractivity contribution >= 4 is 5.82 Å². The summed E-state index contributed by atoms with van der Waals surface area (Å²) >= 11 is 0. The van der Waals surface area contributed by atoms with Crippen molar-refractivity contribution in [3.05, 3.63) is 53.2 Å². The number of rotatable bonds is 3. The minimum atomic E-state index is -0.106. The highest BCUT2D eigenvalue weighted by Gasteiger charge is 2.24. The molecular weight excluding hydrogens is 284 g/mol. The molecule has 0 aliphatic heterocycles. The molecule has 0 aliphatic rings. The summed E-state index contributed by atoms with van der Waals surface area (Å²) < 4.78 is 0. The summed E-state index contributed by atoms with van der Waals surface area (Å²) in [5.74, 6) is 1.19. The third-order valence-corrected chi connectivity index (χ3v) is 3.99. The highest BCUT2D eigenvalue weighted by Crippen LogP contribution is 2.37. The Labute approximate surface area is 139 Å². The smallest absolute Gasteiger partial charge is 0.126 e. The van der Waals surface area contributed by atoms with Gasteiger partial charge in [-0.1, -0.05) is 53.7 Å². The quantitative estimate of drug-likeness (QED) is 0.839. The van der Waals surface area contributed by atoms with Gasteiger partial charge in [-0.15, -0.1) is 0 Å². The molecule has 3 nitrogen and oxygen atoms in total. The number of aromatic nitrogens is 1. The van der Waals surface area contributed by atoms with Crippen molar-refractivity contribution in [2.75, 3.05) is 5.32 Å². The number of phenols is 1. The number of anilines is 1. The molecule has 0 bridgehead atoms. The van der Waals surface area contributed by atoms with Crippen LogP contribution in [0, 0.1) is 0 Å². The molecule has 23 heavy (non-hydrogen) atoms. The van der Waals surface area contributed by atoms with E-state index in [-0.39, 0.29) is 10.8 Å². The van der Waals surface area contributed by atoms with Crippen LogP contribution in [0.4, 0.5) is 5.82 Å². The monoisotopic (exact) mass is 312 g/mol. The summed E-state index contributed by atoms with van der Waals surface area (Å²) in [6.45, 7) is 13.5. The Hall–Kier alpha value is -2.03. The Morgan fingerprint density at radius 2 is 1.70 bits per heavy atom. The first-order valence-corrected chi connectivity index (χ1v) is 8.11. The number of nitrogens with zero attached hydrogens (tertiary/aromatic N) is 1. The molecule has 0 atom stereocenters. The Balaban J connectivity index is 2.41. The number of phenolic OH excluding ortho intramolecular Hbond substituents is 1. The molecule has 0 saturated heterocycles. The maximum absolute atomic E-state index is 10.7. The van der Waals surface area contributed by atoms with Gasteiger partial charge in [-0.3, -0.25) is 0 Å². The lowest BCUT2D eigenvalue weighted by molar-refractivity contribution is 0.439. The van der Waals surface area contributed by atoms with Crippen molar-refractivity contribution in [2.24, 2.45) is 0 Å². The van der Waals surface area contributed by atoms with E-state index in [9.17, 15) is 5.11 Å². The summed E-state index contributed by atoms with van der Waals surface area (Å²) in [5, 5.41) is 14.0. The van der Waals surface area contributed by atoms with Crippen LogP contribution < -0.4 is 5.32 Å². The molecule has 2 N–H and O–H groups in total. The molecule has 3 heteroatoms. The average Bonchev–Trinajstić information content (AvgIpc) is 2.44. The summed E-state index contributed by atoms with van der Waals surface area (Å²) in [5.41, 5.74) is 3.06. The third kappa shape index (κ3) is 4.25. The van der Waals surface area contributed by atoms with Gasteiger partial charge in [-0.05, 0) is 40.2 Å². The third-order valence-electron chi connectivity index (χ3n) is 3.99. The Morgan fingerprint density at radius 1 is 1.00 bits per heavy atom. The van der Waals surface area contributed by atoms with E-state index in [1.807, 2.05) is 18.2 Å². The number of hydrogen-bond donors (Lipinski definition) is 2. The summed E-state index contributed by atoms with van der Waals surface area (Å²) in [7, 11) is 0. The van der Waals surface area contributed by atoms with E-state index in [0.717, 1.165) is 16.9 Å². The predicted octanol–water partition coefficient (Wildman–Crippen LogP) is 4.99. The summed E-state index contributed by atoms with van der Waals surface area (Å²) in [6, 6.07) is 10.00. The highest BCUT2D eigenvalue weighted by molar-refractivity contribution is 5.50. The van der Waals surface area contributed by atoms with Crippen LogP contribution in [-0.4, -0.2) is 10.1 Å². The molecular formula is C20H28N2O. The molecule has 1 heterocycles. The molecule has 2 rings (SSSR count). The second-order valence-corrected chi connectivity index (χ2v) is 8.10. The van der Waals surface area contributed by atoms with Crippen molar-refractivity contribution in [3.8, 4) is 5.75 Å². The first-order valence-electron chi connectivity index (χ1n) is 8.11. The molecule has 1 aromatic heterocycles. The zero-order valence-corrected chi connectivity index (χ0v) is 15.1. The molecule has 0 aliphatic carbocycles. The van der Waals surface area contributed by atoms with Crippen LogP contribution in [0.15, 0.2) is 36.5 Å². The topological polar surface area (TPSA) is 45.2 Å². The molecule has 2 aromatic rings. The largest absolute Gasteiger partial charge is 0.507 e. The van der Waals surface area contributed by atoms with Gasteiger partial charge in [0.2, 0.25) is 0 Å². The van der Waals surface area contributed by atoms with Gasteiger partial charge in [0, 0.05) is 18.3 Å². The first kappa shape index (κ1) is 17.3. The fourth-order valence-corrected chi connectivity index (χ4v) is 2.49. The lowest BCUT2D eigenvalue weighted by atomic mass is 9.79. The fourth-order valence-electron chi connectivity index (χ4n) is 2.49. The second kappa shape index (κ2) is 6.23. The molecule has 124 valence electrons. The van der Waals surface area contributed by atoms with Crippen LogP contribution in [0.2, 0.25) is 0 Å². The van der Waals surface area contributed by atoms with Crippen LogP contribution in [0.3, 0.4) is 0 Å². The molecule has 0 saturated carbocycles. The van der Waals surface area contributed by atoms with Gasteiger partial charge in [-0.25, -0.2) is 4.98 Å². The lowest BCUT2D eigenvalue weighted by Gasteiger charge is -2.27. The van der Waals surface area contributed by atoms with E-state index < -0.39 is 0 Å². The summed E-state index contributed by atoms with van der Waals surface area (Å²) in [6.07, 6.45) is 1.76. The number of aromatic hydroxyl groups is 1. The van der Waals surface area contributed by atoms with E-state index in [1.54, 1.807) is 6.20 Å². The van der Waals surface area contributed by atoms with E-state index in [2.05, 4.69) is 64.0 Å². The van der Waals surface area contributed by atoms with Gasteiger partial charge in [0.1, 0.15) is 11.6 Å². The van der Waals surface area contributed by atoms with Crippen molar-refractivity contribution in [2.45, 2.75) is 58.9 Å². The Kier molecular flexibility index (Phi) is 4.69. The molecule has 0 unspecified atom stereocenters. The minimum absolute atomic E-state index is 0.0352. The van der Waals surface area contributed by atoms with E-state index >= 15 is 0 Å². The normalized spacial score (nSPS) is 12.3. The van der Waals surface area contributed by atoms with E-state index in [0.29, 0.717) is 12.3 Å². The Morgan fingerprint density at radius 3 is 2.22 bits per heavy atom. The molecule has 0 amide bonds. The average molecular weight is 312 g/mol. The zero-order chi connectivity index (χ0) is 17.3. The fraction of sp³-hybridized carbons (Fsp3) is 0.450. The van der Waals surface area contributed by atoms with Crippen LogP contribution in [0.5, 0.6) is 5.75 Å². The van der Waals surface area contributed by atoms with Crippen molar-refractivity contribution in [1.82, 2.24) is 4.98 Å². The molecule has 0 fully saturated rings. The van der Waals surface area contributed by atoms with Crippen LogP contribution in [-0.2, 0) is 17.4 Å². The van der Waals surface area contributed by atoms with Gasteiger partial charge in [0.05, 0.1) is 0 Å². The SMILES string of the molecule is CC(C)(C)c1cc(CNc2ccccn2)c(O)c(C(C)(C)C)c1. The Bertz CT molecular complexity index is 665. The van der Waals surface area contributed by atoms with Gasteiger partial charge in [-0.2, -0.15) is 0 Å². The number of nitrogens with one attached hydrogen (secondary N) is 1. The molecule has 1 aromatic carbocycles. The second-order valence-electron chi connectivity index (χ2n) is 8.10. The number of benzene rings is 1. The summed E-state index contributed by atoms with van der Waals surface area (Å²) in [4.78, 5) is 4.27. The maximum Gasteiger partial charge on any atom is 0.126 e. The van der Waals surface area contributed by atoms with Crippen LogP contribution in [0.1, 0.15) is 58.2 Å². The van der Waals surface area contributed by atoms with Crippen LogP contribution >= 0.6 is 0 Å². The van der Waals surface area contributed by atoms with Crippen LogP contribution in [0.25, 0.3) is 0 Å². The van der Waals surface area contributed by atoms with Gasteiger partial charge in [0.15, 0.2) is 0 Å². The van der Waals surface area contributed by atoms with Gasteiger partial charge in [0.25, 0.3) is 0 Å². The first-order chi connectivity index (χ1) is 10.6. The van der Waals surface area contributed by atoms with E-state index in [4.69, 9.17) is 0 Å². The highest BCUT2D eigenvalue weighted by atomic mass is 16.3. The lowest BCUT2D eigenvalue weighted by Crippen LogP contribution is -2.18. The predicted molar refractivity (Wildman–Crippen MR) is 97.1 cm³/mol. The van der Waals surface area contributed by atoms with Crippen molar-refractivity contribution in [3.63, 3.8) is 0 Å². The van der Waals surface area contributed by atoms with E-state index in [1.165, 1.54) is 5.56 Å².